The molecule has 1 aliphatic heterocycles. The molecule has 7 nitrogen and oxygen atoms in total. The lowest BCUT2D eigenvalue weighted by molar-refractivity contribution is -0.137. The third kappa shape index (κ3) is 3.76. The smallest absolute Gasteiger partial charge is 0.343 e. The molecule has 0 unspecified atom stereocenters. The number of anilines is 1. The lowest BCUT2D eigenvalue weighted by Gasteiger charge is -2.13. The number of carbonyl (C=O) groups is 2. The van der Waals surface area contributed by atoms with E-state index in [1.807, 2.05) is 18.2 Å². The van der Waals surface area contributed by atoms with Crippen molar-refractivity contribution in [3.8, 4) is 0 Å². The number of allylic oxidation sites excluding steroid dienone is 1. The Hall–Kier alpha value is -2.77. The van der Waals surface area contributed by atoms with Crippen LogP contribution in [0.3, 0.4) is 0 Å². The summed E-state index contributed by atoms with van der Waals surface area (Å²) in [5, 5.41) is 6.32. The third-order valence-electron chi connectivity index (χ3n) is 4.13. The minimum absolute atomic E-state index is 0.0758. The van der Waals surface area contributed by atoms with Gasteiger partial charge in [0.15, 0.2) is 0 Å². The standard InChI is InChI=1S/C19H18Cl2N4O3/c1-4-28-19(27)15-10(2)22-12-7-5-6-8-13(12)23-17(15)24-18(26)14-9-11(20)16(21)25(14)3/h5-9,22H,4H2,1-3H3,(H,23,24,26). The number of hydrogen-bond acceptors (Lipinski definition) is 5. The van der Waals surface area contributed by atoms with Crippen LogP contribution in [-0.4, -0.2) is 28.9 Å². The lowest BCUT2D eigenvalue weighted by atomic mass is 10.2. The number of nitrogens with zero attached hydrogens (tertiary/aromatic N) is 2. The van der Waals surface area contributed by atoms with Gasteiger partial charge < -0.3 is 19.9 Å². The molecule has 0 atom stereocenters. The summed E-state index contributed by atoms with van der Waals surface area (Å²) in [5.74, 6) is -1.03. The first-order valence-corrected chi connectivity index (χ1v) is 9.24. The van der Waals surface area contributed by atoms with E-state index >= 15 is 0 Å². The first-order valence-electron chi connectivity index (χ1n) is 8.48. The van der Waals surface area contributed by atoms with Crippen molar-refractivity contribution in [2.24, 2.45) is 12.0 Å². The maximum Gasteiger partial charge on any atom is 0.343 e. The average Bonchev–Trinajstić information content (AvgIpc) is 2.83. The average molecular weight is 421 g/mol. The van der Waals surface area contributed by atoms with E-state index in [4.69, 9.17) is 27.9 Å². The fourth-order valence-electron chi connectivity index (χ4n) is 2.77. The molecular formula is C19H18Cl2N4O3. The molecule has 0 spiro atoms. The minimum atomic E-state index is -0.595. The van der Waals surface area contributed by atoms with Gasteiger partial charge in [-0.2, -0.15) is 0 Å². The molecule has 3 rings (SSSR count). The topological polar surface area (TPSA) is 84.7 Å². The molecule has 1 amide bonds. The molecule has 0 fully saturated rings. The van der Waals surface area contributed by atoms with Gasteiger partial charge in [0.1, 0.15) is 22.3 Å². The van der Waals surface area contributed by atoms with Crippen molar-refractivity contribution in [3.63, 3.8) is 0 Å². The number of hydrogen-bond donors (Lipinski definition) is 2. The molecule has 146 valence electrons. The Morgan fingerprint density at radius 2 is 2.00 bits per heavy atom. The van der Waals surface area contributed by atoms with Gasteiger partial charge in [0.05, 0.1) is 23.0 Å². The quantitative estimate of drug-likeness (QED) is 0.733. The molecule has 0 saturated heterocycles. The second-order valence-corrected chi connectivity index (χ2v) is 6.77. The van der Waals surface area contributed by atoms with E-state index in [1.54, 1.807) is 27.0 Å². The van der Waals surface area contributed by atoms with E-state index in [1.165, 1.54) is 10.6 Å². The molecule has 0 saturated carbocycles. The van der Waals surface area contributed by atoms with Gasteiger partial charge in [-0.05, 0) is 32.0 Å². The number of amides is 1. The van der Waals surface area contributed by atoms with Crippen LogP contribution in [0.2, 0.25) is 10.2 Å². The predicted molar refractivity (Wildman–Crippen MR) is 109 cm³/mol. The molecular weight excluding hydrogens is 403 g/mol. The number of ether oxygens (including phenoxy) is 1. The normalized spacial score (nSPS) is 13.2. The van der Waals surface area contributed by atoms with Gasteiger partial charge in [-0.15, -0.1) is 0 Å². The van der Waals surface area contributed by atoms with Crippen LogP contribution in [0, 0.1) is 0 Å². The third-order valence-corrected chi connectivity index (χ3v) is 4.97. The van der Waals surface area contributed by atoms with E-state index in [-0.39, 0.29) is 33.9 Å². The summed E-state index contributed by atoms with van der Waals surface area (Å²) in [4.78, 5) is 29.9. The number of amidine groups is 1. The maximum atomic E-state index is 12.8. The van der Waals surface area contributed by atoms with E-state index in [0.717, 1.165) is 0 Å². The number of benzene rings is 1. The first kappa shape index (κ1) is 20.0. The highest BCUT2D eigenvalue weighted by atomic mass is 35.5. The molecule has 0 aliphatic carbocycles. The van der Waals surface area contributed by atoms with E-state index < -0.39 is 11.9 Å². The van der Waals surface area contributed by atoms with Crippen molar-refractivity contribution >= 4 is 52.3 Å². The summed E-state index contributed by atoms with van der Waals surface area (Å²) >= 11 is 12.1. The van der Waals surface area contributed by atoms with Crippen LogP contribution in [0.5, 0.6) is 0 Å². The van der Waals surface area contributed by atoms with Crippen LogP contribution in [-0.2, 0) is 16.6 Å². The lowest BCUT2D eigenvalue weighted by Crippen LogP contribution is -2.36. The van der Waals surface area contributed by atoms with Crippen molar-refractivity contribution < 1.29 is 14.3 Å². The maximum absolute atomic E-state index is 12.8. The minimum Gasteiger partial charge on any atom is -0.462 e. The van der Waals surface area contributed by atoms with Crippen LogP contribution in [0.15, 0.2) is 46.6 Å². The number of para-hydroxylation sites is 2. The molecule has 9 heteroatoms. The van der Waals surface area contributed by atoms with Gasteiger partial charge >= 0.3 is 5.97 Å². The van der Waals surface area contributed by atoms with Crippen molar-refractivity contribution in [1.29, 1.82) is 0 Å². The number of halogens is 2. The zero-order valence-corrected chi connectivity index (χ0v) is 17.0. The summed E-state index contributed by atoms with van der Waals surface area (Å²) in [7, 11) is 1.61. The Labute approximate surface area is 172 Å². The first-order chi connectivity index (χ1) is 13.3. The van der Waals surface area contributed by atoms with Crippen LogP contribution in [0.1, 0.15) is 24.3 Å². The molecule has 1 aliphatic rings. The van der Waals surface area contributed by atoms with Gasteiger partial charge in [0, 0.05) is 12.7 Å². The summed E-state index contributed by atoms with van der Waals surface area (Å²) < 4.78 is 6.60. The molecule has 2 N–H and O–H groups in total. The van der Waals surface area contributed by atoms with Crippen molar-refractivity contribution in [3.05, 3.63) is 57.5 Å². The van der Waals surface area contributed by atoms with Crippen LogP contribution < -0.4 is 10.6 Å². The largest absolute Gasteiger partial charge is 0.462 e. The van der Waals surface area contributed by atoms with Gasteiger partial charge in [0.25, 0.3) is 5.91 Å². The van der Waals surface area contributed by atoms with Crippen molar-refractivity contribution in [2.75, 3.05) is 11.9 Å². The highest BCUT2D eigenvalue weighted by molar-refractivity contribution is 6.42. The van der Waals surface area contributed by atoms with E-state index in [2.05, 4.69) is 15.6 Å². The highest BCUT2D eigenvalue weighted by Gasteiger charge is 2.27. The number of nitrogens with one attached hydrogen (secondary N) is 2. The van der Waals surface area contributed by atoms with Crippen LogP contribution in [0.25, 0.3) is 0 Å². The summed E-state index contributed by atoms with van der Waals surface area (Å²) in [6, 6.07) is 8.70. The Kier molecular flexibility index (Phi) is 5.76. The SMILES string of the molecule is CCOC(=O)C1=C(C)Nc2ccccc2N=C1NC(=O)c1cc(Cl)c(Cl)n1C. The van der Waals surface area contributed by atoms with Crippen LogP contribution >= 0.6 is 23.2 Å². The number of fused-ring (bicyclic) bond motifs is 1. The summed E-state index contributed by atoms with van der Waals surface area (Å²) in [6.07, 6.45) is 0. The van der Waals surface area contributed by atoms with E-state index in [9.17, 15) is 9.59 Å². The zero-order valence-electron chi connectivity index (χ0n) is 15.5. The number of esters is 1. The molecule has 2 aromatic rings. The van der Waals surface area contributed by atoms with Gasteiger partial charge in [-0.1, -0.05) is 35.3 Å². The van der Waals surface area contributed by atoms with E-state index in [0.29, 0.717) is 17.1 Å². The monoisotopic (exact) mass is 420 g/mol. The number of carbonyl (C=O) groups excluding carboxylic acids is 2. The van der Waals surface area contributed by atoms with Gasteiger partial charge in [0.2, 0.25) is 0 Å². The summed E-state index contributed by atoms with van der Waals surface area (Å²) in [6.45, 7) is 3.61. The Morgan fingerprint density at radius 3 is 2.64 bits per heavy atom. The molecule has 1 aromatic heterocycles. The summed E-state index contributed by atoms with van der Waals surface area (Å²) in [5.41, 5.74) is 2.14. The van der Waals surface area contributed by atoms with Crippen LogP contribution in [0.4, 0.5) is 11.4 Å². The fourth-order valence-corrected chi connectivity index (χ4v) is 3.15. The molecule has 0 radical (unpaired) electrons. The fraction of sp³-hybridized carbons (Fsp3) is 0.211. The second kappa shape index (κ2) is 8.08. The Balaban J connectivity index is 2.06. The van der Waals surface area contributed by atoms with Crippen molar-refractivity contribution in [1.82, 2.24) is 9.88 Å². The molecule has 0 bridgehead atoms. The molecule has 2 heterocycles. The van der Waals surface area contributed by atoms with Gasteiger partial charge in [-0.3, -0.25) is 4.79 Å². The Morgan fingerprint density at radius 1 is 1.29 bits per heavy atom. The number of aromatic nitrogens is 1. The molecule has 1 aromatic carbocycles. The number of rotatable bonds is 3. The highest BCUT2D eigenvalue weighted by Crippen LogP contribution is 2.30. The number of aliphatic imine (C=N–C) groups is 1. The van der Waals surface area contributed by atoms with Gasteiger partial charge in [-0.25, -0.2) is 9.79 Å². The van der Waals surface area contributed by atoms with Crippen molar-refractivity contribution in [2.45, 2.75) is 13.8 Å². The zero-order chi connectivity index (χ0) is 20.4. The Bertz CT molecular complexity index is 1020. The molecule has 28 heavy (non-hydrogen) atoms. The predicted octanol–water partition coefficient (Wildman–Crippen LogP) is 4.05. The second-order valence-electron chi connectivity index (χ2n) is 6.00.